The average molecular weight is 456 g/mol. The van der Waals surface area contributed by atoms with E-state index in [2.05, 4.69) is 4.74 Å². The number of esters is 4. The second-order valence-electron chi connectivity index (χ2n) is 6.60. The molecule has 1 aromatic carbocycles. The average Bonchev–Trinajstić information content (AvgIpc) is 2.71. The van der Waals surface area contributed by atoms with E-state index in [-0.39, 0.29) is 5.56 Å². The van der Waals surface area contributed by atoms with Crippen molar-refractivity contribution in [1.29, 1.82) is 0 Å². The van der Waals surface area contributed by atoms with Gasteiger partial charge in [0.25, 0.3) is 0 Å². The first-order chi connectivity index (χ1) is 15.1. The summed E-state index contributed by atoms with van der Waals surface area (Å²) >= 11 is 0. The Labute approximate surface area is 181 Å². The van der Waals surface area contributed by atoms with Crippen molar-refractivity contribution in [3.05, 3.63) is 29.6 Å². The highest BCUT2D eigenvalue weighted by atomic mass is 19.1. The Balaban J connectivity index is 2.52. The van der Waals surface area contributed by atoms with Gasteiger partial charge in [-0.3, -0.25) is 19.2 Å². The van der Waals surface area contributed by atoms with Gasteiger partial charge in [-0.1, -0.05) is 0 Å². The molecule has 1 aliphatic heterocycles. The topological polar surface area (TPSA) is 141 Å². The van der Waals surface area contributed by atoms with Gasteiger partial charge < -0.3 is 28.4 Å². The minimum absolute atomic E-state index is 0.0242. The molecule has 0 aromatic heterocycles. The van der Waals surface area contributed by atoms with Gasteiger partial charge >= 0.3 is 23.9 Å². The zero-order valence-electron chi connectivity index (χ0n) is 17.6. The van der Waals surface area contributed by atoms with Gasteiger partial charge in [-0.25, -0.2) is 9.18 Å². The molecule has 1 fully saturated rings. The lowest BCUT2D eigenvalue weighted by Crippen LogP contribution is -2.64. The van der Waals surface area contributed by atoms with Crippen molar-refractivity contribution in [2.75, 3.05) is 7.11 Å². The van der Waals surface area contributed by atoms with Crippen molar-refractivity contribution < 1.29 is 56.8 Å². The molecule has 11 nitrogen and oxygen atoms in total. The van der Waals surface area contributed by atoms with Crippen LogP contribution in [0.5, 0.6) is 5.75 Å². The highest BCUT2D eigenvalue weighted by Crippen LogP contribution is 2.32. The third-order valence-corrected chi connectivity index (χ3v) is 4.17. The molecule has 1 heterocycles. The molecule has 2 rings (SSSR count). The molecule has 0 amide bonds. The van der Waals surface area contributed by atoms with Crippen molar-refractivity contribution in [3.63, 3.8) is 0 Å². The zero-order chi connectivity index (χ0) is 24.0. The maximum atomic E-state index is 14.4. The SMILES string of the molecule is COC(=O)[C@H]1O[C@@H](Oc2ccc(C=O)cc2F)[C@H](OC(C)=O)[C@@H](OC(C)=O)[C@@H]1OC(C)=O. The summed E-state index contributed by atoms with van der Waals surface area (Å²) in [6.07, 6.45) is -7.68. The Hall–Kier alpha value is -3.54. The summed E-state index contributed by atoms with van der Waals surface area (Å²) in [5.41, 5.74) is 0.0242. The van der Waals surface area contributed by atoms with Crippen LogP contribution in [0.2, 0.25) is 0 Å². The number of benzene rings is 1. The third kappa shape index (κ3) is 6.00. The molecular formula is C20H21FO11. The van der Waals surface area contributed by atoms with Crippen LogP contribution in [0.4, 0.5) is 4.39 Å². The molecule has 12 heteroatoms. The maximum absolute atomic E-state index is 14.4. The summed E-state index contributed by atoms with van der Waals surface area (Å²) in [5, 5.41) is 0. The summed E-state index contributed by atoms with van der Waals surface area (Å²) in [4.78, 5) is 58.2. The Bertz CT molecular complexity index is 900. The van der Waals surface area contributed by atoms with Crippen LogP contribution in [0.1, 0.15) is 31.1 Å². The van der Waals surface area contributed by atoms with Crippen LogP contribution in [-0.4, -0.2) is 68.0 Å². The Kier molecular flexibility index (Phi) is 8.24. The third-order valence-electron chi connectivity index (χ3n) is 4.17. The van der Waals surface area contributed by atoms with Gasteiger partial charge in [-0.2, -0.15) is 0 Å². The maximum Gasteiger partial charge on any atom is 0.339 e. The molecule has 0 unspecified atom stereocenters. The number of hydrogen-bond donors (Lipinski definition) is 0. The Morgan fingerprint density at radius 3 is 2.00 bits per heavy atom. The summed E-state index contributed by atoms with van der Waals surface area (Å²) < 4.78 is 45.4. The van der Waals surface area contributed by atoms with E-state index in [1.165, 1.54) is 6.07 Å². The van der Waals surface area contributed by atoms with E-state index < -0.39 is 66.1 Å². The number of rotatable bonds is 7. The summed E-state index contributed by atoms with van der Waals surface area (Å²) in [6, 6.07) is 3.24. The van der Waals surface area contributed by atoms with Gasteiger partial charge in [0.15, 0.2) is 29.9 Å². The van der Waals surface area contributed by atoms with Gasteiger partial charge in [-0.15, -0.1) is 0 Å². The highest BCUT2D eigenvalue weighted by Gasteiger charge is 2.55. The largest absolute Gasteiger partial charge is 0.467 e. The number of carbonyl (C=O) groups excluding carboxylic acids is 5. The van der Waals surface area contributed by atoms with E-state index >= 15 is 0 Å². The van der Waals surface area contributed by atoms with Crippen LogP contribution < -0.4 is 4.74 Å². The first-order valence-electron chi connectivity index (χ1n) is 9.23. The molecule has 0 N–H and O–H groups in total. The van der Waals surface area contributed by atoms with Gasteiger partial charge in [0, 0.05) is 26.3 Å². The molecule has 174 valence electrons. The van der Waals surface area contributed by atoms with E-state index in [0.717, 1.165) is 40.0 Å². The summed E-state index contributed by atoms with van der Waals surface area (Å²) in [5.74, 6) is -5.00. The van der Waals surface area contributed by atoms with Crippen LogP contribution >= 0.6 is 0 Å². The van der Waals surface area contributed by atoms with Crippen LogP contribution in [0, 0.1) is 5.82 Å². The van der Waals surface area contributed by atoms with E-state index in [1.54, 1.807) is 0 Å². The second-order valence-corrected chi connectivity index (χ2v) is 6.60. The number of methoxy groups -OCH3 is 1. The van der Waals surface area contributed by atoms with Gasteiger partial charge in [0.1, 0.15) is 6.29 Å². The number of carbonyl (C=O) groups is 5. The molecule has 1 aliphatic rings. The zero-order valence-corrected chi connectivity index (χ0v) is 17.6. The minimum atomic E-state index is -1.70. The molecule has 0 aliphatic carbocycles. The molecule has 0 radical (unpaired) electrons. The van der Waals surface area contributed by atoms with Crippen molar-refractivity contribution >= 4 is 30.2 Å². The lowest BCUT2D eigenvalue weighted by Gasteiger charge is -2.43. The van der Waals surface area contributed by atoms with Crippen LogP contribution in [0.25, 0.3) is 0 Å². The molecule has 32 heavy (non-hydrogen) atoms. The highest BCUT2D eigenvalue weighted by molar-refractivity contribution is 5.77. The van der Waals surface area contributed by atoms with E-state index in [1.807, 2.05) is 0 Å². The molecular weight excluding hydrogens is 435 g/mol. The quantitative estimate of drug-likeness (QED) is 0.325. The molecule has 1 aromatic rings. The second kappa shape index (κ2) is 10.7. The number of hydrogen-bond acceptors (Lipinski definition) is 11. The molecule has 1 saturated heterocycles. The van der Waals surface area contributed by atoms with Gasteiger partial charge in [-0.05, 0) is 18.2 Å². The van der Waals surface area contributed by atoms with Crippen LogP contribution in [0.3, 0.4) is 0 Å². The van der Waals surface area contributed by atoms with E-state index in [9.17, 15) is 28.4 Å². The standard InChI is InChI=1S/C20H21FO11/c1-9(23)28-15-16(29-10(2)24)18(30-11(3)25)20(32-17(15)19(26)27-4)31-14-6-5-12(8-22)7-13(14)21/h5-8,15-18,20H,1-4H3/t15-,16-,17-,18+,20+/m0/s1. The van der Waals surface area contributed by atoms with Gasteiger partial charge in [0.2, 0.25) is 12.4 Å². The predicted octanol–water partition coefficient (Wildman–Crippen LogP) is 0.710. The van der Waals surface area contributed by atoms with Gasteiger partial charge in [0.05, 0.1) is 7.11 Å². The fourth-order valence-corrected chi connectivity index (χ4v) is 2.99. The van der Waals surface area contributed by atoms with Crippen LogP contribution in [0.15, 0.2) is 18.2 Å². The number of ether oxygens (including phenoxy) is 6. The number of halogens is 1. The molecule has 0 saturated carbocycles. The van der Waals surface area contributed by atoms with Crippen molar-refractivity contribution in [3.8, 4) is 5.75 Å². The smallest absolute Gasteiger partial charge is 0.339 e. The summed E-state index contributed by atoms with van der Waals surface area (Å²) in [6.45, 7) is 3.10. The molecule has 0 spiro atoms. The normalized spacial score (nSPS) is 24.6. The van der Waals surface area contributed by atoms with E-state index in [0.29, 0.717) is 6.29 Å². The Morgan fingerprint density at radius 2 is 1.50 bits per heavy atom. The van der Waals surface area contributed by atoms with Crippen molar-refractivity contribution in [2.45, 2.75) is 51.5 Å². The molecule has 0 bridgehead atoms. The predicted molar refractivity (Wildman–Crippen MR) is 99.8 cm³/mol. The lowest BCUT2D eigenvalue weighted by molar-refractivity contribution is -0.282. The van der Waals surface area contributed by atoms with Crippen molar-refractivity contribution in [2.24, 2.45) is 0 Å². The van der Waals surface area contributed by atoms with Crippen molar-refractivity contribution in [1.82, 2.24) is 0 Å². The lowest BCUT2D eigenvalue weighted by atomic mass is 9.97. The monoisotopic (exact) mass is 456 g/mol. The first-order valence-corrected chi connectivity index (χ1v) is 9.23. The minimum Gasteiger partial charge on any atom is -0.467 e. The van der Waals surface area contributed by atoms with Crippen LogP contribution in [-0.2, 0) is 42.9 Å². The fourth-order valence-electron chi connectivity index (χ4n) is 2.99. The summed E-state index contributed by atoms with van der Waals surface area (Å²) in [7, 11) is 1.03. The number of aldehydes is 1. The Morgan fingerprint density at radius 1 is 0.938 bits per heavy atom. The van der Waals surface area contributed by atoms with E-state index in [4.69, 9.17) is 23.7 Å². The first kappa shape index (κ1) is 24.7. The fraction of sp³-hybridized carbons (Fsp3) is 0.450. The molecule has 5 atom stereocenters.